The molecule has 0 saturated heterocycles. The van der Waals surface area contributed by atoms with Crippen molar-refractivity contribution in [3.63, 3.8) is 0 Å². The van der Waals surface area contributed by atoms with E-state index in [1.807, 2.05) is 13.8 Å². The van der Waals surface area contributed by atoms with E-state index in [1.165, 1.54) is 122 Å². The molecular weight excluding hydrogens is 558 g/mol. The molecule has 256 valence electrons. The minimum absolute atomic E-state index is 0.226. The third-order valence-corrected chi connectivity index (χ3v) is 14.5. The number of phosphoric acid groups is 1. The van der Waals surface area contributed by atoms with Gasteiger partial charge in [-0.05, 0) is 44.9 Å². The Bertz CT molecular complexity index is 523. The van der Waals surface area contributed by atoms with Crippen LogP contribution in [-0.2, 0) is 13.6 Å². The number of hydrogen-bond acceptors (Lipinski definition) is 4. The molecule has 0 aromatic rings. The lowest BCUT2D eigenvalue weighted by atomic mass is 10.0. The molecule has 0 atom stereocenters. The van der Waals surface area contributed by atoms with Crippen LogP contribution in [0.3, 0.4) is 0 Å². The van der Waals surface area contributed by atoms with E-state index in [-0.39, 0.29) is 13.2 Å². The van der Waals surface area contributed by atoms with Gasteiger partial charge in [-0.25, -0.2) is 0 Å². The SMILES string of the molecule is CCCCCCCCCCCCCCCC[P+](CCCC)(CCCC)CCCC.CCCCOP(=O)([O-])OCCCC. The van der Waals surface area contributed by atoms with Crippen molar-refractivity contribution in [2.75, 3.05) is 37.9 Å². The first-order valence-corrected chi connectivity index (χ1v) is 22.8. The number of phosphoric ester groups is 1. The van der Waals surface area contributed by atoms with Crippen LogP contribution >= 0.6 is 15.1 Å². The van der Waals surface area contributed by atoms with E-state index in [9.17, 15) is 9.46 Å². The summed E-state index contributed by atoms with van der Waals surface area (Å²) in [5.41, 5.74) is 0. The van der Waals surface area contributed by atoms with E-state index in [0.717, 1.165) is 25.7 Å². The van der Waals surface area contributed by atoms with Crippen LogP contribution in [0.15, 0.2) is 0 Å². The third-order valence-electron chi connectivity index (χ3n) is 8.44. The highest BCUT2D eigenvalue weighted by atomic mass is 31.2. The van der Waals surface area contributed by atoms with E-state index < -0.39 is 15.1 Å². The molecule has 0 amide bonds. The molecule has 0 saturated carbocycles. The molecule has 4 nitrogen and oxygen atoms in total. The molecule has 0 aromatic heterocycles. The Labute approximate surface area is 266 Å². The summed E-state index contributed by atoms with van der Waals surface area (Å²) < 4.78 is 20.2. The number of hydrogen-bond donors (Lipinski definition) is 0. The second kappa shape index (κ2) is 34.4. The maximum Gasteiger partial charge on any atom is 0.267 e. The van der Waals surface area contributed by atoms with Crippen LogP contribution in [0.25, 0.3) is 0 Å². The van der Waals surface area contributed by atoms with E-state index in [2.05, 4.69) is 36.7 Å². The van der Waals surface area contributed by atoms with E-state index in [4.69, 9.17) is 0 Å². The molecular formula is C36H78O4P2. The normalized spacial score (nSPS) is 12.0. The van der Waals surface area contributed by atoms with E-state index in [0.29, 0.717) is 0 Å². The first-order chi connectivity index (χ1) is 20.4. The highest BCUT2D eigenvalue weighted by Gasteiger charge is 2.34. The average Bonchev–Trinajstić information content (AvgIpc) is 2.98. The fourth-order valence-electron chi connectivity index (χ4n) is 5.47. The highest BCUT2D eigenvalue weighted by molar-refractivity contribution is 7.75. The molecule has 0 aliphatic carbocycles. The first kappa shape index (κ1) is 44.7. The zero-order valence-corrected chi connectivity index (χ0v) is 31.5. The predicted octanol–water partition coefficient (Wildman–Crippen LogP) is 13.0. The summed E-state index contributed by atoms with van der Waals surface area (Å²) in [6, 6.07) is 0. The van der Waals surface area contributed by atoms with Gasteiger partial charge in [-0.1, -0.05) is 151 Å². The molecule has 0 aliphatic heterocycles. The van der Waals surface area contributed by atoms with Crippen molar-refractivity contribution in [2.24, 2.45) is 0 Å². The topological polar surface area (TPSA) is 58.6 Å². The van der Waals surface area contributed by atoms with Gasteiger partial charge < -0.3 is 13.9 Å². The molecule has 0 aliphatic rings. The molecule has 0 N–H and O–H groups in total. The largest absolute Gasteiger partial charge is 0.756 e. The number of rotatable bonds is 32. The van der Waals surface area contributed by atoms with Crippen LogP contribution in [0.1, 0.15) is 196 Å². The molecule has 42 heavy (non-hydrogen) atoms. The molecule has 0 fully saturated rings. The Morgan fingerprint density at radius 3 is 0.976 bits per heavy atom. The lowest BCUT2D eigenvalue weighted by Crippen LogP contribution is -2.13. The van der Waals surface area contributed by atoms with Gasteiger partial charge in [0.2, 0.25) is 0 Å². The molecule has 0 unspecified atom stereocenters. The molecule has 0 spiro atoms. The Hall–Kier alpha value is 0.540. The van der Waals surface area contributed by atoms with Gasteiger partial charge in [0.15, 0.2) is 0 Å². The fourth-order valence-corrected chi connectivity index (χ4v) is 11.4. The van der Waals surface area contributed by atoms with Gasteiger partial charge in [0.25, 0.3) is 7.82 Å². The van der Waals surface area contributed by atoms with Crippen molar-refractivity contribution < 1.29 is 18.5 Å². The molecule has 6 heteroatoms. The van der Waals surface area contributed by atoms with E-state index >= 15 is 0 Å². The van der Waals surface area contributed by atoms with Gasteiger partial charge in [0.1, 0.15) is 0 Å². The van der Waals surface area contributed by atoms with Crippen molar-refractivity contribution in [1.82, 2.24) is 0 Å². The minimum Gasteiger partial charge on any atom is -0.756 e. The summed E-state index contributed by atoms with van der Waals surface area (Å²) in [6.45, 7) is 13.9. The summed E-state index contributed by atoms with van der Waals surface area (Å²) in [4.78, 5) is 11.0. The second-order valence-electron chi connectivity index (χ2n) is 12.7. The molecule has 0 heterocycles. The van der Waals surface area contributed by atoms with Gasteiger partial charge in [-0.15, -0.1) is 0 Å². The predicted molar refractivity (Wildman–Crippen MR) is 191 cm³/mol. The van der Waals surface area contributed by atoms with Gasteiger partial charge in [-0.2, -0.15) is 0 Å². The van der Waals surface area contributed by atoms with Crippen molar-refractivity contribution in [2.45, 2.75) is 196 Å². The molecule has 0 bridgehead atoms. The Morgan fingerprint density at radius 1 is 0.405 bits per heavy atom. The van der Waals surface area contributed by atoms with Crippen LogP contribution in [0.5, 0.6) is 0 Å². The smallest absolute Gasteiger partial charge is 0.267 e. The maximum atomic E-state index is 11.0. The van der Waals surface area contributed by atoms with Crippen molar-refractivity contribution in [1.29, 1.82) is 0 Å². The van der Waals surface area contributed by atoms with Crippen LogP contribution in [0, 0.1) is 0 Å². The summed E-state index contributed by atoms with van der Waals surface area (Å²) in [6.07, 6.45) is 39.3. The van der Waals surface area contributed by atoms with Crippen LogP contribution in [0.2, 0.25) is 0 Å². The summed E-state index contributed by atoms with van der Waals surface area (Å²) in [5, 5.41) is 0. The van der Waals surface area contributed by atoms with Crippen molar-refractivity contribution in [3.05, 3.63) is 0 Å². The monoisotopic (exact) mass is 637 g/mol. The quantitative estimate of drug-likeness (QED) is 0.0544. The van der Waals surface area contributed by atoms with Crippen LogP contribution < -0.4 is 4.89 Å². The minimum atomic E-state index is -4.00. The zero-order chi connectivity index (χ0) is 31.6. The first-order valence-electron chi connectivity index (χ1n) is 18.8. The van der Waals surface area contributed by atoms with Crippen molar-refractivity contribution in [3.8, 4) is 0 Å². The van der Waals surface area contributed by atoms with Crippen LogP contribution in [-0.4, -0.2) is 37.9 Å². The summed E-state index contributed by atoms with van der Waals surface area (Å²) in [5.74, 6) is 0. The Morgan fingerprint density at radius 2 is 0.667 bits per heavy atom. The molecule has 0 radical (unpaired) electrons. The van der Waals surface area contributed by atoms with Gasteiger partial charge in [-0.3, -0.25) is 4.57 Å². The standard InChI is InChI=1S/C28H60P.C8H19O4P/c1-5-9-13-14-15-16-17-18-19-20-21-22-23-24-28-29(25-10-6-2,26-11-7-3)27-12-8-4;1-3-5-7-11-13(9,10)12-8-6-4-2/h5-28H2,1-4H3;3-8H2,1-2H3,(H,9,10)/q+1;/p-1. The Balaban J connectivity index is 0. The van der Waals surface area contributed by atoms with Gasteiger partial charge in [0, 0.05) is 7.26 Å². The lowest BCUT2D eigenvalue weighted by molar-refractivity contribution is -0.225. The summed E-state index contributed by atoms with van der Waals surface area (Å²) >= 11 is 0. The lowest BCUT2D eigenvalue weighted by Gasteiger charge is -2.28. The average molecular weight is 637 g/mol. The molecule has 0 rings (SSSR count). The third kappa shape index (κ3) is 31.9. The zero-order valence-electron chi connectivity index (χ0n) is 29.7. The molecule has 0 aromatic carbocycles. The van der Waals surface area contributed by atoms with Crippen molar-refractivity contribution >= 4 is 15.1 Å². The Kier molecular flexibility index (Phi) is 36.6. The summed E-state index contributed by atoms with van der Waals surface area (Å²) in [7, 11) is -4.63. The highest BCUT2D eigenvalue weighted by Crippen LogP contribution is 2.61. The maximum absolute atomic E-state index is 11.0. The van der Waals surface area contributed by atoms with Gasteiger partial charge >= 0.3 is 0 Å². The second-order valence-corrected chi connectivity index (χ2v) is 18.6. The number of unbranched alkanes of at least 4 members (excludes halogenated alkanes) is 18. The van der Waals surface area contributed by atoms with E-state index in [1.54, 1.807) is 31.1 Å². The van der Waals surface area contributed by atoms with Crippen LogP contribution in [0.4, 0.5) is 0 Å². The van der Waals surface area contributed by atoms with Gasteiger partial charge in [0.05, 0.1) is 37.9 Å². The fraction of sp³-hybridized carbons (Fsp3) is 1.00.